The molecule has 0 aliphatic carbocycles. The Labute approximate surface area is 117 Å². The minimum atomic E-state index is -0.272. The second kappa shape index (κ2) is 6.69. The summed E-state index contributed by atoms with van der Waals surface area (Å²) in [5.41, 5.74) is 2.31. The number of hydrogen-bond acceptors (Lipinski definition) is 3. The molecule has 2 aromatic carbocycles. The van der Waals surface area contributed by atoms with Gasteiger partial charge in [-0.15, -0.1) is 0 Å². The van der Waals surface area contributed by atoms with Crippen LogP contribution in [0.1, 0.15) is 11.1 Å². The van der Waals surface area contributed by atoms with Gasteiger partial charge < -0.3 is 10.0 Å². The number of nitrogens with zero attached hydrogens (tertiary/aromatic N) is 2. The molecule has 0 atom stereocenters. The minimum Gasteiger partial charge on any atom is -0.395 e. The van der Waals surface area contributed by atoms with Crippen LogP contribution in [0.2, 0.25) is 0 Å². The summed E-state index contributed by atoms with van der Waals surface area (Å²) in [7, 11) is 0. The number of anilines is 1. The Morgan fingerprint density at radius 3 is 2.50 bits per heavy atom. The first-order valence-corrected chi connectivity index (χ1v) is 6.33. The third kappa shape index (κ3) is 3.56. The van der Waals surface area contributed by atoms with Crippen LogP contribution in [0, 0.1) is 17.1 Å². The molecule has 2 aromatic rings. The summed E-state index contributed by atoms with van der Waals surface area (Å²) in [5.74, 6) is -0.272. The first-order chi connectivity index (χ1) is 9.72. The summed E-state index contributed by atoms with van der Waals surface area (Å²) >= 11 is 0. The zero-order chi connectivity index (χ0) is 14.4. The van der Waals surface area contributed by atoms with E-state index in [9.17, 15) is 4.39 Å². The van der Waals surface area contributed by atoms with Crippen LogP contribution >= 0.6 is 0 Å². The van der Waals surface area contributed by atoms with Crippen molar-refractivity contribution in [3.8, 4) is 6.07 Å². The normalized spacial score (nSPS) is 10.1. The number of benzene rings is 2. The summed E-state index contributed by atoms with van der Waals surface area (Å²) < 4.78 is 13.2. The molecular formula is C16H15FN2O. The fraction of sp³-hybridized carbons (Fsp3) is 0.188. The summed E-state index contributed by atoms with van der Waals surface area (Å²) in [4.78, 5) is 1.94. The lowest BCUT2D eigenvalue weighted by Crippen LogP contribution is -2.26. The van der Waals surface area contributed by atoms with Crippen LogP contribution in [0.25, 0.3) is 0 Å². The van der Waals surface area contributed by atoms with Crippen molar-refractivity contribution in [2.75, 3.05) is 18.1 Å². The maximum Gasteiger partial charge on any atom is 0.123 e. The van der Waals surface area contributed by atoms with Crippen LogP contribution in [-0.4, -0.2) is 18.3 Å². The SMILES string of the molecule is N#Cc1ccc(N(CCO)Cc2cccc(F)c2)cc1. The van der Waals surface area contributed by atoms with Gasteiger partial charge in [0.2, 0.25) is 0 Å². The van der Waals surface area contributed by atoms with Gasteiger partial charge in [-0.1, -0.05) is 12.1 Å². The monoisotopic (exact) mass is 270 g/mol. The molecule has 2 rings (SSSR count). The van der Waals surface area contributed by atoms with Crippen LogP contribution in [0.3, 0.4) is 0 Å². The lowest BCUT2D eigenvalue weighted by atomic mass is 10.1. The predicted molar refractivity (Wildman–Crippen MR) is 75.7 cm³/mol. The van der Waals surface area contributed by atoms with Gasteiger partial charge in [0.25, 0.3) is 0 Å². The average molecular weight is 270 g/mol. The number of halogens is 1. The van der Waals surface area contributed by atoms with Crippen molar-refractivity contribution in [3.05, 3.63) is 65.5 Å². The number of nitriles is 1. The molecule has 0 radical (unpaired) electrons. The zero-order valence-corrected chi connectivity index (χ0v) is 11.0. The summed E-state index contributed by atoms with van der Waals surface area (Å²) in [6.45, 7) is 0.960. The van der Waals surface area contributed by atoms with Crippen LogP contribution in [0.5, 0.6) is 0 Å². The first kappa shape index (κ1) is 14.0. The lowest BCUT2D eigenvalue weighted by Gasteiger charge is -2.24. The van der Waals surface area contributed by atoms with Crippen molar-refractivity contribution in [2.24, 2.45) is 0 Å². The van der Waals surface area contributed by atoms with Crippen molar-refractivity contribution < 1.29 is 9.50 Å². The Hall–Kier alpha value is -2.38. The molecule has 0 aromatic heterocycles. The maximum atomic E-state index is 13.2. The Kier molecular flexibility index (Phi) is 4.70. The van der Waals surface area contributed by atoms with Gasteiger partial charge in [-0.3, -0.25) is 0 Å². The number of hydrogen-bond donors (Lipinski definition) is 1. The molecule has 0 spiro atoms. The molecule has 0 unspecified atom stereocenters. The van der Waals surface area contributed by atoms with Gasteiger partial charge in [0.05, 0.1) is 18.2 Å². The van der Waals surface area contributed by atoms with Crippen LogP contribution in [0.4, 0.5) is 10.1 Å². The smallest absolute Gasteiger partial charge is 0.123 e. The Morgan fingerprint density at radius 2 is 1.90 bits per heavy atom. The molecule has 0 bridgehead atoms. The molecule has 0 aliphatic heterocycles. The quantitative estimate of drug-likeness (QED) is 0.908. The van der Waals surface area contributed by atoms with Gasteiger partial charge in [0, 0.05) is 18.8 Å². The molecule has 102 valence electrons. The predicted octanol–water partition coefficient (Wildman–Crippen LogP) is 2.70. The second-order valence-corrected chi connectivity index (χ2v) is 4.43. The third-order valence-corrected chi connectivity index (χ3v) is 2.99. The van der Waals surface area contributed by atoms with Gasteiger partial charge in [0.15, 0.2) is 0 Å². The van der Waals surface area contributed by atoms with Crippen molar-refractivity contribution in [1.82, 2.24) is 0 Å². The van der Waals surface area contributed by atoms with E-state index in [2.05, 4.69) is 6.07 Å². The summed E-state index contributed by atoms with van der Waals surface area (Å²) in [6.07, 6.45) is 0. The molecule has 0 heterocycles. The van der Waals surface area contributed by atoms with E-state index in [-0.39, 0.29) is 12.4 Å². The van der Waals surface area contributed by atoms with Crippen molar-refractivity contribution in [3.63, 3.8) is 0 Å². The topological polar surface area (TPSA) is 47.3 Å². The Morgan fingerprint density at radius 1 is 1.15 bits per heavy atom. The highest BCUT2D eigenvalue weighted by atomic mass is 19.1. The average Bonchev–Trinajstić information content (AvgIpc) is 2.47. The van der Waals surface area contributed by atoms with E-state index in [1.165, 1.54) is 12.1 Å². The lowest BCUT2D eigenvalue weighted by molar-refractivity contribution is 0.301. The van der Waals surface area contributed by atoms with Gasteiger partial charge in [0.1, 0.15) is 5.82 Å². The van der Waals surface area contributed by atoms with Crippen molar-refractivity contribution >= 4 is 5.69 Å². The molecule has 0 saturated heterocycles. The third-order valence-electron chi connectivity index (χ3n) is 2.99. The molecule has 20 heavy (non-hydrogen) atoms. The van der Waals surface area contributed by atoms with Crippen molar-refractivity contribution in [1.29, 1.82) is 5.26 Å². The highest BCUT2D eigenvalue weighted by molar-refractivity contribution is 5.50. The number of rotatable bonds is 5. The largest absolute Gasteiger partial charge is 0.395 e. The van der Waals surface area contributed by atoms with E-state index in [4.69, 9.17) is 10.4 Å². The standard InChI is InChI=1S/C16H15FN2O/c17-15-3-1-2-14(10-15)12-19(8-9-20)16-6-4-13(11-18)5-7-16/h1-7,10,20H,8-9,12H2. The van der Waals surface area contributed by atoms with E-state index in [0.717, 1.165) is 11.3 Å². The zero-order valence-electron chi connectivity index (χ0n) is 11.0. The van der Waals surface area contributed by atoms with E-state index in [0.29, 0.717) is 18.7 Å². The Balaban J connectivity index is 2.19. The second-order valence-electron chi connectivity index (χ2n) is 4.43. The fourth-order valence-electron chi connectivity index (χ4n) is 2.02. The molecule has 0 saturated carbocycles. The molecular weight excluding hydrogens is 255 g/mol. The van der Waals surface area contributed by atoms with Crippen LogP contribution < -0.4 is 4.90 Å². The molecule has 1 N–H and O–H groups in total. The molecule has 4 heteroatoms. The van der Waals surface area contributed by atoms with Crippen molar-refractivity contribution in [2.45, 2.75) is 6.54 Å². The first-order valence-electron chi connectivity index (χ1n) is 6.33. The summed E-state index contributed by atoms with van der Waals surface area (Å²) in [5, 5.41) is 18.0. The molecule has 0 aliphatic rings. The van der Waals surface area contributed by atoms with Gasteiger partial charge >= 0.3 is 0 Å². The highest BCUT2D eigenvalue weighted by Gasteiger charge is 2.07. The summed E-state index contributed by atoms with van der Waals surface area (Å²) in [6, 6.07) is 15.6. The maximum absolute atomic E-state index is 13.2. The molecule has 0 fully saturated rings. The van der Waals surface area contributed by atoms with E-state index < -0.39 is 0 Å². The fourth-order valence-corrected chi connectivity index (χ4v) is 2.02. The Bertz CT molecular complexity index is 605. The van der Waals surface area contributed by atoms with Crippen LogP contribution in [-0.2, 0) is 6.54 Å². The number of aliphatic hydroxyl groups is 1. The number of aliphatic hydroxyl groups excluding tert-OH is 1. The molecule has 0 amide bonds. The van der Waals surface area contributed by atoms with E-state index >= 15 is 0 Å². The highest BCUT2D eigenvalue weighted by Crippen LogP contribution is 2.18. The van der Waals surface area contributed by atoms with Gasteiger partial charge in [-0.2, -0.15) is 5.26 Å². The molecule has 3 nitrogen and oxygen atoms in total. The minimum absolute atomic E-state index is 0.00924. The van der Waals surface area contributed by atoms with E-state index in [1.54, 1.807) is 18.2 Å². The van der Waals surface area contributed by atoms with Gasteiger partial charge in [-0.25, -0.2) is 4.39 Å². The van der Waals surface area contributed by atoms with Crippen LogP contribution in [0.15, 0.2) is 48.5 Å². The van der Waals surface area contributed by atoms with Gasteiger partial charge in [-0.05, 0) is 42.0 Å². The van der Waals surface area contributed by atoms with E-state index in [1.807, 2.05) is 23.1 Å².